The van der Waals surface area contributed by atoms with Crippen molar-refractivity contribution < 1.29 is 14.3 Å². The number of ether oxygens (including phenoxy) is 2. The first kappa shape index (κ1) is 22.6. The number of hydrogen-bond donors (Lipinski definition) is 1. The van der Waals surface area contributed by atoms with E-state index in [1.165, 1.54) is 11.8 Å². The Morgan fingerprint density at radius 2 is 2.03 bits per heavy atom. The highest BCUT2D eigenvalue weighted by molar-refractivity contribution is 8.00. The van der Waals surface area contributed by atoms with Gasteiger partial charge in [-0.25, -0.2) is 0 Å². The van der Waals surface area contributed by atoms with Crippen LogP contribution in [0, 0.1) is 0 Å². The minimum atomic E-state index is -0.347. The van der Waals surface area contributed by atoms with Gasteiger partial charge >= 0.3 is 0 Å². The summed E-state index contributed by atoms with van der Waals surface area (Å²) in [5.74, 6) is 1.14. The van der Waals surface area contributed by atoms with Crippen LogP contribution in [0.1, 0.15) is 25.6 Å². The molecule has 1 amide bonds. The monoisotopic (exact) mass is 472 g/mol. The zero-order valence-corrected chi connectivity index (χ0v) is 19.3. The minimum Gasteiger partial charge on any atom is -0.484 e. The van der Waals surface area contributed by atoms with Crippen molar-refractivity contribution in [3.8, 4) is 11.4 Å². The highest BCUT2D eigenvalue weighted by Gasteiger charge is 2.23. The van der Waals surface area contributed by atoms with Crippen LogP contribution in [0.3, 0.4) is 0 Å². The predicted octanol–water partition coefficient (Wildman–Crippen LogP) is 4.28. The van der Waals surface area contributed by atoms with E-state index in [2.05, 4.69) is 15.5 Å². The maximum Gasteiger partial charge on any atom is 0.233 e. The van der Waals surface area contributed by atoms with Crippen molar-refractivity contribution >= 4 is 29.3 Å². The number of para-hydroxylation sites is 2. The van der Waals surface area contributed by atoms with Crippen LogP contribution in [-0.2, 0) is 16.1 Å². The number of rotatable bonds is 9. The lowest BCUT2D eigenvalue weighted by Crippen LogP contribution is -2.36. The molecule has 1 aliphatic rings. The first-order chi connectivity index (χ1) is 15.6. The summed E-state index contributed by atoms with van der Waals surface area (Å²) in [5, 5.41) is 12.5. The minimum absolute atomic E-state index is 0.0537. The molecule has 1 aromatic heterocycles. The van der Waals surface area contributed by atoms with Crippen molar-refractivity contribution in [3.63, 3.8) is 0 Å². The van der Waals surface area contributed by atoms with Gasteiger partial charge in [0, 0.05) is 18.8 Å². The standard InChI is InChI=1S/C23H25ClN4O3S/c1-16(22(29)25-14-18-10-7-13-30-18)32-23-27-26-21(28(23)17-8-3-2-4-9-17)15-31-20-12-6-5-11-19(20)24/h2-6,8-9,11-12,16,18H,7,10,13-15H2,1H3,(H,25,29)/t16-,18-/m0/s1. The summed E-state index contributed by atoms with van der Waals surface area (Å²) in [6, 6.07) is 17.1. The van der Waals surface area contributed by atoms with Gasteiger partial charge in [0.25, 0.3) is 0 Å². The molecule has 4 rings (SSSR count). The first-order valence-electron chi connectivity index (χ1n) is 10.5. The third kappa shape index (κ3) is 5.62. The van der Waals surface area contributed by atoms with E-state index in [-0.39, 0.29) is 23.9 Å². The molecule has 168 valence electrons. The summed E-state index contributed by atoms with van der Waals surface area (Å²) >= 11 is 7.56. The molecular formula is C23H25ClN4O3S. The molecule has 2 heterocycles. The Balaban J connectivity index is 1.48. The number of amides is 1. The van der Waals surface area contributed by atoms with Crippen LogP contribution in [0.4, 0.5) is 0 Å². The molecule has 1 fully saturated rings. The topological polar surface area (TPSA) is 78.3 Å². The summed E-state index contributed by atoms with van der Waals surface area (Å²) in [6.45, 7) is 3.35. The Hall–Kier alpha value is -2.55. The van der Waals surface area contributed by atoms with Gasteiger partial charge in [0.15, 0.2) is 11.0 Å². The average Bonchev–Trinajstić information content (AvgIpc) is 3.47. The van der Waals surface area contributed by atoms with E-state index in [9.17, 15) is 4.79 Å². The number of carbonyl (C=O) groups is 1. The van der Waals surface area contributed by atoms with E-state index in [0.29, 0.717) is 28.3 Å². The first-order valence-corrected chi connectivity index (χ1v) is 11.8. The second-order valence-corrected chi connectivity index (χ2v) is 9.14. The lowest BCUT2D eigenvalue weighted by atomic mass is 10.2. The van der Waals surface area contributed by atoms with Gasteiger partial charge in [0.05, 0.1) is 16.4 Å². The summed E-state index contributed by atoms with van der Waals surface area (Å²) < 4.78 is 13.4. The lowest BCUT2D eigenvalue weighted by molar-refractivity contribution is -0.120. The van der Waals surface area contributed by atoms with Crippen LogP contribution in [-0.4, -0.2) is 45.2 Å². The summed E-state index contributed by atoms with van der Waals surface area (Å²) in [4.78, 5) is 12.6. The fraction of sp³-hybridized carbons (Fsp3) is 0.348. The summed E-state index contributed by atoms with van der Waals surface area (Å²) in [5.41, 5.74) is 0.893. The second-order valence-electron chi connectivity index (χ2n) is 7.43. The molecule has 3 aromatic rings. The maximum atomic E-state index is 12.6. The number of halogens is 1. The molecule has 0 radical (unpaired) electrons. The zero-order valence-electron chi connectivity index (χ0n) is 17.7. The Kier molecular flexibility index (Phi) is 7.68. The molecule has 2 aromatic carbocycles. The van der Waals surface area contributed by atoms with Crippen LogP contribution < -0.4 is 10.1 Å². The highest BCUT2D eigenvalue weighted by Crippen LogP contribution is 2.28. The van der Waals surface area contributed by atoms with Crippen molar-refractivity contribution in [1.29, 1.82) is 0 Å². The largest absolute Gasteiger partial charge is 0.484 e. The number of hydrogen-bond acceptors (Lipinski definition) is 6. The van der Waals surface area contributed by atoms with Gasteiger partial charge in [-0.3, -0.25) is 9.36 Å². The molecule has 0 unspecified atom stereocenters. The van der Waals surface area contributed by atoms with Gasteiger partial charge in [0.1, 0.15) is 12.4 Å². The molecule has 9 heteroatoms. The fourth-order valence-electron chi connectivity index (χ4n) is 3.39. The number of aromatic nitrogens is 3. The Morgan fingerprint density at radius 3 is 2.78 bits per heavy atom. The molecule has 1 saturated heterocycles. The van der Waals surface area contributed by atoms with Crippen molar-refractivity contribution in [2.75, 3.05) is 13.2 Å². The number of thioether (sulfide) groups is 1. The fourth-order valence-corrected chi connectivity index (χ4v) is 4.49. The van der Waals surface area contributed by atoms with Crippen LogP contribution in [0.25, 0.3) is 5.69 Å². The molecule has 1 aliphatic heterocycles. The molecule has 0 bridgehead atoms. The predicted molar refractivity (Wildman–Crippen MR) is 124 cm³/mol. The number of carbonyl (C=O) groups excluding carboxylic acids is 1. The molecular weight excluding hydrogens is 448 g/mol. The van der Waals surface area contributed by atoms with Gasteiger partial charge in [-0.15, -0.1) is 10.2 Å². The van der Waals surface area contributed by atoms with Gasteiger partial charge in [-0.05, 0) is 44.0 Å². The van der Waals surface area contributed by atoms with Gasteiger partial charge in [-0.1, -0.05) is 53.7 Å². The van der Waals surface area contributed by atoms with Crippen LogP contribution in [0.5, 0.6) is 5.75 Å². The molecule has 7 nitrogen and oxygen atoms in total. The van der Waals surface area contributed by atoms with E-state index >= 15 is 0 Å². The number of nitrogens with one attached hydrogen (secondary N) is 1. The van der Waals surface area contributed by atoms with Crippen molar-refractivity contribution in [1.82, 2.24) is 20.1 Å². The lowest BCUT2D eigenvalue weighted by Gasteiger charge is -2.16. The van der Waals surface area contributed by atoms with Gasteiger partial charge < -0.3 is 14.8 Å². The van der Waals surface area contributed by atoms with Crippen LogP contribution in [0.2, 0.25) is 5.02 Å². The van der Waals surface area contributed by atoms with Gasteiger partial charge in [0.2, 0.25) is 5.91 Å². The van der Waals surface area contributed by atoms with E-state index in [1.807, 2.05) is 60.0 Å². The smallest absolute Gasteiger partial charge is 0.233 e. The van der Waals surface area contributed by atoms with Crippen LogP contribution >= 0.6 is 23.4 Å². The third-order valence-electron chi connectivity index (χ3n) is 5.09. The molecule has 0 saturated carbocycles. The van der Waals surface area contributed by atoms with Crippen molar-refractivity contribution in [2.45, 2.75) is 42.9 Å². The average molecular weight is 473 g/mol. The normalized spacial score (nSPS) is 16.6. The summed E-state index contributed by atoms with van der Waals surface area (Å²) in [7, 11) is 0. The van der Waals surface area contributed by atoms with Crippen LogP contribution in [0.15, 0.2) is 59.8 Å². The number of benzene rings is 2. The summed E-state index contributed by atoms with van der Waals surface area (Å²) in [6.07, 6.45) is 2.14. The zero-order chi connectivity index (χ0) is 22.3. The number of nitrogens with zero attached hydrogens (tertiary/aromatic N) is 3. The Bertz CT molecular complexity index is 1040. The van der Waals surface area contributed by atoms with E-state index < -0.39 is 0 Å². The second kappa shape index (κ2) is 10.8. The quantitative estimate of drug-likeness (QED) is 0.468. The van der Waals surface area contributed by atoms with Crippen molar-refractivity contribution in [2.24, 2.45) is 0 Å². The van der Waals surface area contributed by atoms with E-state index in [4.69, 9.17) is 21.1 Å². The van der Waals surface area contributed by atoms with Gasteiger partial charge in [-0.2, -0.15) is 0 Å². The van der Waals surface area contributed by atoms with E-state index in [0.717, 1.165) is 25.1 Å². The Labute approximate surface area is 196 Å². The molecule has 1 N–H and O–H groups in total. The van der Waals surface area contributed by atoms with Crippen molar-refractivity contribution in [3.05, 3.63) is 65.4 Å². The highest BCUT2D eigenvalue weighted by atomic mass is 35.5. The molecule has 32 heavy (non-hydrogen) atoms. The molecule has 2 atom stereocenters. The third-order valence-corrected chi connectivity index (χ3v) is 6.44. The maximum absolute atomic E-state index is 12.6. The molecule has 0 aliphatic carbocycles. The molecule has 0 spiro atoms. The Morgan fingerprint density at radius 1 is 1.25 bits per heavy atom. The SMILES string of the molecule is C[C@H](Sc1nnc(COc2ccccc2Cl)n1-c1ccccc1)C(=O)NC[C@@H]1CCCO1. The van der Waals surface area contributed by atoms with E-state index in [1.54, 1.807) is 6.07 Å².